The minimum atomic E-state index is -2.19. The summed E-state index contributed by atoms with van der Waals surface area (Å²) in [4.78, 5) is 11.9. The van der Waals surface area contributed by atoms with E-state index in [2.05, 4.69) is 55.0 Å². The Morgan fingerprint density at radius 3 is 1.65 bits per heavy atom. The molecular weight excluding hydrogens is 228 g/mol. The Balaban J connectivity index is 5.52. The molecule has 0 aromatic rings. The maximum absolute atomic E-state index is 11.9. The summed E-state index contributed by atoms with van der Waals surface area (Å²) < 4.78 is 5.99. The average Bonchev–Trinajstić information content (AvgIpc) is 2.09. The lowest BCUT2D eigenvalue weighted by Crippen LogP contribution is -2.53. The van der Waals surface area contributed by atoms with Crippen molar-refractivity contribution in [1.29, 1.82) is 0 Å². The van der Waals surface area contributed by atoms with Crippen LogP contribution in [-0.4, -0.2) is 14.3 Å². The van der Waals surface area contributed by atoms with E-state index in [0.717, 1.165) is 0 Å². The van der Waals surface area contributed by atoms with Crippen LogP contribution in [0.25, 0.3) is 0 Å². The summed E-state index contributed by atoms with van der Waals surface area (Å²) in [6.45, 7) is 20.6. The Labute approximate surface area is 108 Å². The molecule has 2 nitrogen and oxygen atoms in total. The summed E-state index contributed by atoms with van der Waals surface area (Å²) in [5, 5.41) is 0.0282. The first-order valence-corrected chi connectivity index (χ1v) is 8.42. The van der Waals surface area contributed by atoms with Crippen molar-refractivity contribution in [3.8, 4) is 0 Å². The molecule has 0 aliphatic carbocycles. The molecule has 0 aliphatic heterocycles. The molecule has 0 saturated heterocycles. The normalized spacial score (nSPS) is 13.1. The van der Waals surface area contributed by atoms with Crippen LogP contribution in [0.4, 0.5) is 0 Å². The molecule has 0 aromatic carbocycles. The maximum atomic E-state index is 11.9. The van der Waals surface area contributed by atoms with Gasteiger partial charge in [0.2, 0.25) is 0 Å². The van der Waals surface area contributed by atoms with Crippen LogP contribution >= 0.6 is 0 Å². The van der Waals surface area contributed by atoms with E-state index in [1.807, 2.05) is 0 Å². The van der Waals surface area contributed by atoms with Crippen LogP contribution in [0.1, 0.15) is 55.4 Å². The van der Waals surface area contributed by atoms with E-state index in [0.29, 0.717) is 16.7 Å². The summed E-state index contributed by atoms with van der Waals surface area (Å²) >= 11 is 0. The smallest absolute Gasteiger partial charge is 0.319 e. The van der Waals surface area contributed by atoms with Gasteiger partial charge < -0.3 is 4.43 Å². The summed E-state index contributed by atoms with van der Waals surface area (Å²) in [5.41, 5.74) is 1.28. The lowest BCUT2D eigenvalue weighted by molar-refractivity contribution is -0.131. The second-order valence-corrected chi connectivity index (χ2v) is 12.1. The van der Waals surface area contributed by atoms with Gasteiger partial charge in [-0.1, -0.05) is 55.0 Å². The van der Waals surface area contributed by atoms with Gasteiger partial charge in [0.1, 0.15) is 0 Å². The van der Waals surface area contributed by atoms with Crippen molar-refractivity contribution in [2.75, 3.05) is 0 Å². The molecular formula is C14H28O2Si. The fourth-order valence-corrected chi connectivity index (χ4v) is 9.08. The summed E-state index contributed by atoms with van der Waals surface area (Å²) in [7, 11) is -2.19. The molecule has 100 valence electrons. The van der Waals surface area contributed by atoms with Gasteiger partial charge in [-0.3, -0.25) is 0 Å². The number of carbonyl (C=O) groups is 1. The second kappa shape index (κ2) is 5.38. The summed E-state index contributed by atoms with van der Waals surface area (Å²) in [6.07, 6.45) is 0. The highest BCUT2D eigenvalue weighted by Gasteiger charge is 2.54. The van der Waals surface area contributed by atoms with E-state index in [9.17, 15) is 4.79 Å². The molecule has 0 radical (unpaired) electrons. The van der Waals surface area contributed by atoms with E-state index in [1.54, 1.807) is 6.92 Å². The maximum Gasteiger partial charge on any atom is 0.319 e. The topological polar surface area (TPSA) is 26.3 Å². The quantitative estimate of drug-likeness (QED) is 0.539. The van der Waals surface area contributed by atoms with Crippen LogP contribution in [0.2, 0.25) is 16.1 Å². The highest BCUT2D eigenvalue weighted by molar-refractivity contribution is 6.80. The van der Waals surface area contributed by atoms with Crippen molar-refractivity contribution in [2.45, 2.75) is 71.5 Å². The largest absolute Gasteiger partial charge is 0.515 e. The van der Waals surface area contributed by atoms with Gasteiger partial charge >= 0.3 is 5.97 Å². The fraction of sp³-hybridized carbons (Fsp3) is 0.786. The Bertz CT molecular complexity index is 290. The van der Waals surface area contributed by atoms with Crippen molar-refractivity contribution in [1.82, 2.24) is 0 Å². The molecule has 0 unspecified atom stereocenters. The zero-order valence-electron chi connectivity index (χ0n) is 12.7. The zero-order chi connectivity index (χ0) is 14.0. The molecule has 0 spiro atoms. The number of hydrogen-bond acceptors (Lipinski definition) is 2. The van der Waals surface area contributed by atoms with Crippen molar-refractivity contribution in [2.24, 2.45) is 0 Å². The molecule has 17 heavy (non-hydrogen) atoms. The third-order valence-corrected chi connectivity index (χ3v) is 9.80. The molecule has 0 fully saturated rings. The van der Waals surface area contributed by atoms with Gasteiger partial charge in [-0.25, -0.2) is 4.79 Å². The molecule has 0 rings (SSSR count). The number of carbonyl (C=O) groups excluding carboxylic acids is 1. The first kappa shape index (κ1) is 16.4. The highest BCUT2D eigenvalue weighted by atomic mass is 28.4. The standard InChI is InChI=1S/C14H28O2Si/c1-10(2)13(15)16-17(11(3)4,12(5)6)14(7,8)9/h11-12H,1H2,2-9H3. The minimum Gasteiger partial charge on any atom is -0.515 e. The SMILES string of the molecule is C=C(C)C(=O)O[Si](C(C)C)(C(C)C)C(C)(C)C. The molecule has 3 heteroatoms. The lowest BCUT2D eigenvalue weighted by Gasteiger charge is -2.47. The molecule has 0 N–H and O–H groups in total. The average molecular weight is 256 g/mol. The van der Waals surface area contributed by atoms with Gasteiger partial charge in [0.05, 0.1) is 0 Å². The van der Waals surface area contributed by atoms with E-state index in [1.165, 1.54) is 0 Å². The molecule has 0 heterocycles. The van der Waals surface area contributed by atoms with Crippen molar-refractivity contribution >= 4 is 14.3 Å². The van der Waals surface area contributed by atoms with Gasteiger partial charge in [0.15, 0.2) is 0 Å². The zero-order valence-corrected chi connectivity index (χ0v) is 13.7. The molecule has 0 aliphatic rings. The van der Waals surface area contributed by atoms with Crippen LogP contribution in [-0.2, 0) is 9.22 Å². The monoisotopic (exact) mass is 256 g/mol. The van der Waals surface area contributed by atoms with Crippen molar-refractivity contribution in [3.63, 3.8) is 0 Å². The minimum absolute atomic E-state index is 0.0282. The van der Waals surface area contributed by atoms with E-state index >= 15 is 0 Å². The van der Waals surface area contributed by atoms with E-state index in [4.69, 9.17) is 4.43 Å². The predicted molar refractivity (Wildman–Crippen MR) is 76.6 cm³/mol. The molecule has 0 atom stereocenters. The van der Waals surface area contributed by atoms with Crippen LogP contribution in [0.15, 0.2) is 12.2 Å². The van der Waals surface area contributed by atoms with Crippen molar-refractivity contribution in [3.05, 3.63) is 12.2 Å². The summed E-state index contributed by atoms with van der Waals surface area (Å²) in [6, 6.07) is 0. The number of hydrogen-bond donors (Lipinski definition) is 0. The predicted octanol–water partition coefficient (Wildman–Crippen LogP) is 4.67. The van der Waals surface area contributed by atoms with Gasteiger partial charge in [-0.2, -0.15) is 0 Å². The third kappa shape index (κ3) is 3.21. The first-order valence-electron chi connectivity index (χ1n) is 6.35. The fourth-order valence-electron chi connectivity index (χ4n) is 3.03. The highest BCUT2D eigenvalue weighted by Crippen LogP contribution is 2.50. The number of rotatable bonds is 4. The van der Waals surface area contributed by atoms with Gasteiger partial charge in [0, 0.05) is 5.57 Å². The van der Waals surface area contributed by atoms with Crippen LogP contribution in [0.5, 0.6) is 0 Å². The lowest BCUT2D eigenvalue weighted by atomic mass is 10.2. The van der Waals surface area contributed by atoms with Crippen LogP contribution < -0.4 is 0 Å². The molecule has 0 amide bonds. The Hall–Kier alpha value is -0.573. The van der Waals surface area contributed by atoms with Gasteiger partial charge in [0.25, 0.3) is 8.32 Å². The first-order chi connectivity index (χ1) is 7.46. The van der Waals surface area contributed by atoms with Gasteiger partial charge in [-0.05, 0) is 23.0 Å². The van der Waals surface area contributed by atoms with Crippen LogP contribution in [0.3, 0.4) is 0 Å². The third-order valence-electron chi connectivity index (χ3n) is 3.50. The molecule has 0 aromatic heterocycles. The molecule has 0 bridgehead atoms. The molecule has 0 saturated carbocycles. The van der Waals surface area contributed by atoms with E-state index in [-0.39, 0.29) is 11.0 Å². The Kier molecular flexibility index (Phi) is 5.20. The summed E-state index contributed by atoms with van der Waals surface area (Å²) in [5.74, 6) is -0.228. The Morgan fingerprint density at radius 1 is 1.12 bits per heavy atom. The van der Waals surface area contributed by atoms with E-state index < -0.39 is 8.32 Å². The van der Waals surface area contributed by atoms with Crippen LogP contribution in [0, 0.1) is 0 Å². The Morgan fingerprint density at radius 2 is 1.47 bits per heavy atom. The van der Waals surface area contributed by atoms with Gasteiger partial charge in [-0.15, -0.1) is 0 Å². The van der Waals surface area contributed by atoms with Crippen molar-refractivity contribution < 1.29 is 9.22 Å². The second-order valence-electron chi connectivity index (χ2n) is 6.52.